The molecule has 1 atom stereocenters. The molecule has 1 aliphatic carbocycles. The zero-order chi connectivity index (χ0) is 14.7. The number of fused-ring (bicyclic) bond motifs is 1. The number of hydrogen-bond acceptors (Lipinski definition) is 4. The molecule has 4 heteroatoms. The summed E-state index contributed by atoms with van der Waals surface area (Å²) in [7, 11) is 1.62. The van der Waals surface area contributed by atoms with Crippen LogP contribution in [0.2, 0.25) is 0 Å². The Morgan fingerprint density at radius 2 is 1.90 bits per heavy atom. The Labute approximate surface area is 123 Å². The van der Waals surface area contributed by atoms with E-state index in [-0.39, 0.29) is 5.78 Å². The Bertz CT molecular complexity index is 640. The van der Waals surface area contributed by atoms with Gasteiger partial charge in [-0.3, -0.25) is 15.1 Å². The topological polar surface area (TPSA) is 47.6 Å². The summed E-state index contributed by atoms with van der Waals surface area (Å²) in [6.45, 7) is 0. The number of carbonyl (C=O) groups excluding carboxylic acids is 1. The second-order valence-electron chi connectivity index (χ2n) is 5.00. The van der Waals surface area contributed by atoms with Crippen LogP contribution in [0, 0.1) is 0 Å². The standard InChI is InChI=1S/C17H17NO3/c1-20-14-9-7-12-8-10-16(19)17(15(12)11-14)21-18-13-5-3-2-4-6-13/h2-7,9,11,17-18H,8,10H2,1H3. The highest BCUT2D eigenvalue weighted by atomic mass is 16.7. The molecule has 0 aliphatic heterocycles. The van der Waals surface area contributed by atoms with E-state index >= 15 is 0 Å². The highest BCUT2D eigenvalue weighted by Gasteiger charge is 2.29. The van der Waals surface area contributed by atoms with Crippen molar-refractivity contribution < 1.29 is 14.4 Å². The maximum atomic E-state index is 12.2. The predicted octanol–water partition coefficient (Wildman–Crippen LogP) is 3.30. The van der Waals surface area contributed by atoms with Crippen LogP contribution < -0.4 is 10.2 Å². The summed E-state index contributed by atoms with van der Waals surface area (Å²) in [4.78, 5) is 17.8. The minimum atomic E-state index is -0.593. The minimum absolute atomic E-state index is 0.0826. The van der Waals surface area contributed by atoms with Gasteiger partial charge >= 0.3 is 0 Å². The quantitative estimate of drug-likeness (QED) is 0.875. The van der Waals surface area contributed by atoms with Gasteiger partial charge in [0.2, 0.25) is 0 Å². The lowest BCUT2D eigenvalue weighted by Crippen LogP contribution is -2.25. The first-order valence-electron chi connectivity index (χ1n) is 6.94. The molecule has 21 heavy (non-hydrogen) atoms. The van der Waals surface area contributed by atoms with E-state index in [4.69, 9.17) is 9.57 Å². The number of para-hydroxylation sites is 1. The van der Waals surface area contributed by atoms with Crippen molar-refractivity contribution in [3.05, 3.63) is 59.7 Å². The zero-order valence-electron chi connectivity index (χ0n) is 11.8. The SMILES string of the molecule is COc1ccc2c(c1)C(ONc1ccccc1)C(=O)CC2. The van der Waals surface area contributed by atoms with E-state index in [1.54, 1.807) is 7.11 Å². The summed E-state index contributed by atoms with van der Waals surface area (Å²) in [5, 5.41) is 0. The zero-order valence-corrected chi connectivity index (χ0v) is 11.8. The van der Waals surface area contributed by atoms with Crippen molar-refractivity contribution >= 4 is 11.5 Å². The molecular formula is C17H17NO3. The minimum Gasteiger partial charge on any atom is -0.497 e. The van der Waals surface area contributed by atoms with E-state index in [2.05, 4.69) is 5.48 Å². The number of methoxy groups -OCH3 is 1. The van der Waals surface area contributed by atoms with Crippen LogP contribution in [-0.4, -0.2) is 12.9 Å². The van der Waals surface area contributed by atoms with Gasteiger partial charge in [0.1, 0.15) is 5.75 Å². The van der Waals surface area contributed by atoms with Crippen LogP contribution in [-0.2, 0) is 16.1 Å². The van der Waals surface area contributed by atoms with Gasteiger partial charge < -0.3 is 4.74 Å². The number of nitrogens with one attached hydrogen (secondary N) is 1. The van der Waals surface area contributed by atoms with Crippen LogP contribution in [0.4, 0.5) is 5.69 Å². The first kappa shape index (κ1) is 13.6. The van der Waals surface area contributed by atoms with E-state index in [9.17, 15) is 4.79 Å². The van der Waals surface area contributed by atoms with Crippen molar-refractivity contribution in [1.82, 2.24) is 0 Å². The predicted molar refractivity (Wildman–Crippen MR) is 80.2 cm³/mol. The molecule has 0 fully saturated rings. The van der Waals surface area contributed by atoms with E-state index in [1.807, 2.05) is 48.5 Å². The molecule has 1 aliphatic rings. The Hall–Kier alpha value is -2.33. The molecule has 108 valence electrons. The molecule has 0 radical (unpaired) electrons. The summed E-state index contributed by atoms with van der Waals surface area (Å²) in [6.07, 6.45) is 0.660. The molecule has 0 saturated heterocycles. The molecule has 0 spiro atoms. The number of Topliss-reactive ketones (excluding diaryl/α,β-unsaturated/α-hetero) is 1. The van der Waals surface area contributed by atoms with Gasteiger partial charge in [-0.2, -0.15) is 0 Å². The number of rotatable bonds is 4. The number of hydrogen-bond donors (Lipinski definition) is 1. The molecule has 1 N–H and O–H groups in total. The molecule has 2 aromatic carbocycles. The maximum Gasteiger partial charge on any atom is 0.169 e. The van der Waals surface area contributed by atoms with Gasteiger partial charge in [0.05, 0.1) is 12.8 Å². The number of benzene rings is 2. The summed E-state index contributed by atoms with van der Waals surface area (Å²) in [5.41, 5.74) is 5.70. The second-order valence-corrected chi connectivity index (χ2v) is 5.00. The summed E-state index contributed by atoms with van der Waals surface area (Å²) in [5.74, 6) is 0.816. The van der Waals surface area contributed by atoms with Gasteiger partial charge in [-0.25, -0.2) is 0 Å². The van der Waals surface area contributed by atoms with Gasteiger partial charge in [0.25, 0.3) is 0 Å². The van der Waals surface area contributed by atoms with Crippen molar-refractivity contribution in [1.29, 1.82) is 0 Å². The number of ketones is 1. The average Bonchev–Trinajstić information content (AvgIpc) is 2.54. The molecular weight excluding hydrogens is 266 g/mol. The van der Waals surface area contributed by atoms with Gasteiger partial charge in [0, 0.05) is 6.42 Å². The Kier molecular flexibility index (Phi) is 3.88. The Morgan fingerprint density at radius 3 is 2.67 bits per heavy atom. The Balaban J connectivity index is 1.83. The van der Waals surface area contributed by atoms with Crippen LogP contribution in [0.5, 0.6) is 5.75 Å². The van der Waals surface area contributed by atoms with Crippen molar-refractivity contribution in [3.63, 3.8) is 0 Å². The number of ether oxygens (including phenoxy) is 1. The maximum absolute atomic E-state index is 12.2. The van der Waals surface area contributed by atoms with E-state index in [0.717, 1.165) is 29.0 Å². The fourth-order valence-electron chi connectivity index (χ4n) is 2.50. The van der Waals surface area contributed by atoms with Crippen molar-refractivity contribution in [2.45, 2.75) is 18.9 Å². The fraction of sp³-hybridized carbons (Fsp3) is 0.235. The third kappa shape index (κ3) is 2.90. The molecule has 4 nitrogen and oxygen atoms in total. The molecule has 0 amide bonds. The van der Waals surface area contributed by atoms with Gasteiger partial charge in [-0.15, -0.1) is 0 Å². The molecule has 0 bridgehead atoms. The van der Waals surface area contributed by atoms with Crippen LogP contribution >= 0.6 is 0 Å². The average molecular weight is 283 g/mol. The smallest absolute Gasteiger partial charge is 0.169 e. The lowest BCUT2D eigenvalue weighted by molar-refractivity contribution is -0.130. The van der Waals surface area contributed by atoms with Crippen LogP contribution in [0.1, 0.15) is 23.7 Å². The number of carbonyl (C=O) groups is 1. The van der Waals surface area contributed by atoms with Gasteiger partial charge in [-0.1, -0.05) is 24.3 Å². The summed E-state index contributed by atoms with van der Waals surface area (Å²) in [6, 6.07) is 15.3. The van der Waals surface area contributed by atoms with Crippen LogP contribution in [0.25, 0.3) is 0 Å². The molecule has 1 unspecified atom stereocenters. The second kappa shape index (κ2) is 5.97. The van der Waals surface area contributed by atoms with Crippen molar-refractivity contribution in [2.24, 2.45) is 0 Å². The fourth-order valence-corrected chi connectivity index (χ4v) is 2.50. The highest BCUT2D eigenvalue weighted by Crippen LogP contribution is 2.32. The van der Waals surface area contributed by atoms with E-state index < -0.39 is 6.10 Å². The van der Waals surface area contributed by atoms with E-state index in [0.29, 0.717) is 6.42 Å². The molecule has 0 aromatic heterocycles. The lowest BCUT2D eigenvalue weighted by atomic mass is 9.88. The van der Waals surface area contributed by atoms with Crippen molar-refractivity contribution in [2.75, 3.05) is 12.6 Å². The summed E-state index contributed by atoms with van der Waals surface area (Å²) < 4.78 is 5.24. The molecule has 2 aromatic rings. The normalized spacial score (nSPS) is 17.2. The largest absolute Gasteiger partial charge is 0.497 e. The third-order valence-electron chi connectivity index (χ3n) is 3.64. The van der Waals surface area contributed by atoms with Crippen LogP contribution in [0.3, 0.4) is 0 Å². The Morgan fingerprint density at radius 1 is 1.10 bits per heavy atom. The number of aryl methyl sites for hydroxylation is 1. The summed E-state index contributed by atoms with van der Waals surface area (Å²) >= 11 is 0. The first-order valence-corrected chi connectivity index (χ1v) is 6.94. The molecule has 3 rings (SSSR count). The van der Waals surface area contributed by atoms with E-state index in [1.165, 1.54) is 0 Å². The highest BCUT2D eigenvalue weighted by molar-refractivity contribution is 5.87. The third-order valence-corrected chi connectivity index (χ3v) is 3.64. The van der Waals surface area contributed by atoms with Crippen LogP contribution in [0.15, 0.2) is 48.5 Å². The number of anilines is 1. The lowest BCUT2D eigenvalue weighted by Gasteiger charge is -2.25. The first-order chi connectivity index (χ1) is 10.3. The van der Waals surface area contributed by atoms with Gasteiger partial charge in [-0.05, 0) is 41.8 Å². The van der Waals surface area contributed by atoms with Gasteiger partial charge in [0.15, 0.2) is 11.9 Å². The molecule has 0 heterocycles. The van der Waals surface area contributed by atoms with Crippen molar-refractivity contribution in [3.8, 4) is 5.75 Å². The monoisotopic (exact) mass is 283 g/mol. The molecule has 0 saturated carbocycles.